The summed E-state index contributed by atoms with van der Waals surface area (Å²) >= 11 is 0. The first kappa shape index (κ1) is 13.4. The van der Waals surface area contributed by atoms with Crippen molar-refractivity contribution in [3.8, 4) is 5.75 Å². The summed E-state index contributed by atoms with van der Waals surface area (Å²) in [7, 11) is -2.86. The highest BCUT2D eigenvalue weighted by Crippen LogP contribution is 2.18. The molecule has 1 heterocycles. The second-order valence-corrected chi connectivity index (χ2v) is 7.20. The van der Waals surface area contributed by atoms with Crippen LogP contribution in [0.3, 0.4) is 0 Å². The third-order valence-corrected chi connectivity index (χ3v) is 3.95. The number of hydrogen-bond donors (Lipinski definition) is 0. The Bertz CT molecular complexity index is 489. The molecule has 0 N–H and O–H groups in total. The number of nitrogens with zero attached hydrogens (tertiary/aromatic N) is 1. The molecule has 1 saturated heterocycles. The maximum Gasteiger partial charge on any atom is 0.148 e. The highest BCUT2D eigenvalue weighted by atomic mass is 32.2. The number of likely N-dealkylation sites (tertiary alicyclic amines) is 1. The summed E-state index contributed by atoms with van der Waals surface area (Å²) in [4.78, 5) is 2.10. The maximum absolute atomic E-state index is 11.0. The molecule has 1 aromatic carbocycles. The second-order valence-electron chi connectivity index (χ2n) is 4.94. The van der Waals surface area contributed by atoms with Crippen molar-refractivity contribution in [2.75, 3.05) is 31.6 Å². The average molecular weight is 269 g/mol. The topological polar surface area (TPSA) is 46.6 Å². The molecule has 2 rings (SSSR count). The lowest BCUT2D eigenvalue weighted by Crippen LogP contribution is -2.54. The fraction of sp³-hybridized carbons (Fsp3) is 0.538. The van der Waals surface area contributed by atoms with E-state index in [4.69, 9.17) is 4.74 Å². The summed E-state index contributed by atoms with van der Waals surface area (Å²) in [5.41, 5.74) is 1.21. The number of sulfone groups is 1. The van der Waals surface area contributed by atoms with Crippen molar-refractivity contribution >= 4 is 9.84 Å². The van der Waals surface area contributed by atoms with Crippen LogP contribution in [0.1, 0.15) is 5.56 Å². The van der Waals surface area contributed by atoms with Crippen LogP contribution in [0.2, 0.25) is 0 Å². The lowest BCUT2D eigenvalue weighted by molar-refractivity contribution is 0.0243. The zero-order valence-corrected chi connectivity index (χ0v) is 11.6. The Morgan fingerprint density at radius 3 is 2.44 bits per heavy atom. The van der Waals surface area contributed by atoms with Gasteiger partial charge in [-0.25, -0.2) is 8.42 Å². The van der Waals surface area contributed by atoms with Crippen molar-refractivity contribution in [2.45, 2.75) is 13.0 Å². The Hall–Kier alpha value is -1.07. The third kappa shape index (κ3) is 3.99. The molecule has 1 fully saturated rings. The van der Waals surface area contributed by atoms with E-state index in [2.05, 4.69) is 4.90 Å². The van der Waals surface area contributed by atoms with Crippen LogP contribution in [-0.2, 0) is 9.84 Å². The molecule has 1 aliphatic heterocycles. The molecule has 0 spiro atoms. The van der Waals surface area contributed by atoms with Gasteiger partial charge in [0.1, 0.15) is 21.7 Å². The molecule has 1 aliphatic rings. The standard InChI is InChI=1S/C13H19NO3S/c1-11-3-5-12(6-4-11)17-13-9-14(10-13)7-8-18(2,15)16/h3-6,13H,7-10H2,1-2H3. The Labute approximate surface area is 108 Å². The van der Waals surface area contributed by atoms with Gasteiger partial charge in [-0.05, 0) is 19.1 Å². The van der Waals surface area contributed by atoms with E-state index in [9.17, 15) is 8.42 Å². The molecule has 0 unspecified atom stereocenters. The minimum Gasteiger partial charge on any atom is -0.488 e. The number of ether oxygens (including phenoxy) is 1. The SMILES string of the molecule is Cc1ccc(OC2CN(CCS(C)(=O)=O)C2)cc1. The van der Waals surface area contributed by atoms with Crippen LogP contribution in [0.15, 0.2) is 24.3 Å². The number of rotatable bonds is 5. The molecule has 0 radical (unpaired) electrons. The minimum absolute atomic E-state index is 0.187. The van der Waals surface area contributed by atoms with Gasteiger partial charge in [-0.3, -0.25) is 4.90 Å². The molecule has 0 saturated carbocycles. The highest BCUT2D eigenvalue weighted by molar-refractivity contribution is 7.90. The van der Waals surface area contributed by atoms with Crippen molar-refractivity contribution in [1.82, 2.24) is 4.90 Å². The van der Waals surface area contributed by atoms with Crippen molar-refractivity contribution < 1.29 is 13.2 Å². The lowest BCUT2D eigenvalue weighted by atomic mass is 10.1. The summed E-state index contributed by atoms with van der Waals surface area (Å²) in [6.45, 7) is 4.26. The van der Waals surface area contributed by atoms with E-state index in [1.807, 2.05) is 31.2 Å². The molecule has 0 amide bonds. The monoisotopic (exact) mass is 269 g/mol. The minimum atomic E-state index is -2.86. The van der Waals surface area contributed by atoms with Crippen molar-refractivity contribution in [2.24, 2.45) is 0 Å². The lowest BCUT2D eigenvalue weighted by Gasteiger charge is -2.38. The van der Waals surface area contributed by atoms with E-state index >= 15 is 0 Å². The molecule has 0 atom stereocenters. The van der Waals surface area contributed by atoms with Crippen LogP contribution in [0.25, 0.3) is 0 Å². The fourth-order valence-corrected chi connectivity index (χ4v) is 2.47. The Kier molecular flexibility index (Phi) is 3.92. The number of aryl methyl sites for hydroxylation is 1. The maximum atomic E-state index is 11.0. The summed E-state index contributed by atoms with van der Waals surface area (Å²) in [6, 6.07) is 7.98. The fourth-order valence-electron chi connectivity index (χ4n) is 1.88. The van der Waals surface area contributed by atoms with E-state index in [1.165, 1.54) is 11.8 Å². The first-order valence-electron chi connectivity index (χ1n) is 6.06. The highest BCUT2D eigenvalue weighted by Gasteiger charge is 2.28. The summed E-state index contributed by atoms with van der Waals surface area (Å²) in [5.74, 6) is 1.11. The number of benzene rings is 1. The Morgan fingerprint density at radius 2 is 1.89 bits per heavy atom. The van der Waals surface area contributed by atoms with Crippen LogP contribution in [0.4, 0.5) is 0 Å². The molecule has 5 heteroatoms. The Morgan fingerprint density at radius 1 is 1.28 bits per heavy atom. The summed E-state index contributed by atoms with van der Waals surface area (Å²) in [6.07, 6.45) is 1.46. The van der Waals surface area contributed by atoms with Gasteiger partial charge < -0.3 is 4.74 Å². The molecule has 0 bridgehead atoms. The van der Waals surface area contributed by atoms with Gasteiger partial charge in [0.25, 0.3) is 0 Å². The molecule has 0 aliphatic carbocycles. The van der Waals surface area contributed by atoms with E-state index in [-0.39, 0.29) is 11.9 Å². The van der Waals surface area contributed by atoms with Gasteiger partial charge in [0.15, 0.2) is 0 Å². The summed E-state index contributed by atoms with van der Waals surface area (Å²) < 4.78 is 27.8. The molecule has 0 aromatic heterocycles. The van der Waals surface area contributed by atoms with Gasteiger partial charge in [-0.15, -0.1) is 0 Å². The average Bonchev–Trinajstić information content (AvgIpc) is 2.22. The Balaban J connectivity index is 1.72. The van der Waals surface area contributed by atoms with E-state index in [0.29, 0.717) is 6.54 Å². The van der Waals surface area contributed by atoms with E-state index in [0.717, 1.165) is 18.8 Å². The van der Waals surface area contributed by atoms with Gasteiger partial charge in [0, 0.05) is 25.9 Å². The van der Waals surface area contributed by atoms with Crippen molar-refractivity contribution in [1.29, 1.82) is 0 Å². The van der Waals surface area contributed by atoms with Crippen molar-refractivity contribution in [3.05, 3.63) is 29.8 Å². The zero-order valence-electron chi connectivity index (χ0n) is 10.8. The molecule has 18 heavy (non-hydrogen) atoms. The van der Waals surface area contributed by atoms with E-state index in [1.54, 1.807) is 0 Å². The van der Waals surface area contributed by atoms with Crippen LogP contribution in [0.5, 0.6) is 5.75 Å². The molecular formula is C13H19NO3S. The van der Waals surface area contributed by atoms with Gasteiger partial charge >= 0.3 is 0 Å². The second kappa shape index (κ2) is 5.28. The van der Waals surface area contributed by atoms with Crippen LogP contribution < -0.4 is 4.74 Å². The predicted octanol–water partition coefficient (Wildman–Crippen LogP) is 1.10. The zero-order chi connectivity index (χ0) is 13.2. The van der Waals surface area contributed by atoms with Crippen LogP contribution >= 0.6 is 0 Å². The number of hydrogen-bond acceptors (Lipinski definition) is 4. The van der Waals surface area contributed by atoms with Crippen LogP contribution in [0, 0.1) is 6.92 Å². The molecular weight excluding hydrogens is 250 g/mol. The van der Waals surface area contributed by atoms with Gasteiger partial charge in [-0.2, -0.15) is 0 Å². The van der Waals surface area contributed by atoms with Gasteiger partial charge in [0.05, 0.1) is 5.75 Å². The predicted molar refractivity (Wildman–Crippen MR) is 71.7 cm³/mol. The largest absolute Gasteiger partial charge is 0.488 e. The molecule has 4 nitrogen and oxygen atoms in total. The first-order valence-corrected chi connectivity index (χ1v) is 8.12. The first-order chi connectivity index (χ1) is 8.42. The third-order valence-electron chi connectivity index (χ3n) is 3.03. The van der Waals surface area contributed by atoms with E-state index < -0.39 is 9.84 Å². The van der Waals surface area contributed by atoms with Gasteiger partial charge in [0.2, 0.25) is 0 Å². The molecule has 100 valence electrons. The normalized spacial score (nSPS) is 17.4. The van der Waals surface area contributed by atoms with Crippen LogP contribution in [-0.4, -0.2) is 51.1 Å². The van der Waals surface area contributed by atoms with Gasteiger partial charge in [-0.1, -0.05) is 17.7 Å². The smallest absolute Gasteiger partial charge is 0.148 e. The van der Waals surface area contributed by atoms with Crippen molar-refractivity contribution in [3.63, 3.8) is 0 Å². The summed E-state index contributed by atoms with van der Waals surface area (Å²) in [5, 5.41) is 0. The quantitative estimate of drug-likeness (QED) is 0.803. The molecule has 1 aromatic rings.